The summed E-state index contributed by atoms with van der Waals surface area (Å²) < 4.78 is 0.164. The van der Waals surface area contributed by atoms with Gasteiger partial charge in [-0.25, -0.2) is 9.59 Å². The van der Waals surface area contributed by atoms with Crippen LogP contribution >= 0.6 is 11.8 Å². The number of hydrogen-bond acceptors (Lipinski definition) is 3. The number of benzene rings is 2. The van der Waals surface area contributed by atoms with Crippen molar-refractivity contribution in [1.82, 2.24) is 0 Å². The predicted molar refractivity (Wildman–Crippen MR) is 103 cm³/mol. The Morgan fingerprint density at radius 1 is 0.885 bits per heavy atom. The first-order valence-electron chi connectivity index (χ1n) is 8.45. The van der Waals surface area contributed by atoms with Crippen LogP contribution in [-0.2, 0) is 5.41 Å². The molecule has 0 radical (unpaired) electrons. The van der Waals surface area contributed by atoms with E-state index < -0.39 is 11.9 Å². The zero-order valence-electron chi connectivity index (χ0n) is 15.3. The average Bonchev–Trinajstić information content (AvgIpc) is 2.52. The van der Waals surface area contributed by atoms with Crippen LogP contribution in [-0.4, -0.2) is 26.9 Å². The minimum Gasteiger partial charge on any atom is -0.478 e. The second-order valence-electron chi connectivity index (χ2n) is 8.00. The van der Waals surface area contributed by atoms with Crippen molar-refractivity contribution < 1.29 is 19.8 Å². The van der Waals surface area contributed by atoms with E-state index >= 15 is 0 Å². The van der Waals surface area contributed by atoms with E-state index in [1.165, 1.54) is 22.6 Å². The number of rotatable bonds is 3. The normalized spacial score (nSPS) is 17.4. The molecule has 0 saturated carbocycles. The van der Waals surface area contributed by atoms with E-state index in [0.717, 1.165) is 12.0 Å². The maximum absolute atomic E-state index is 11.5. The standard InChI is InChI=1S/C21H22O4S/c1-20(2)11-21(3,4)26-17-8-6-13(10-16(17)20)12-5-7-14(18(22)23)15(9-12)19(24)25/h5-10H,11H2,1-4H3,(H,22,23)(H,24,25). The molecule has 1 heterocycles. The Morgan fingerprint density at radius 3 is 2.08 bits per heavy atom. The van der Waals surface area contributed by atoms with Gasteiger partial charge >= 0.3 is 11.9 Å². The molecule has 3 rings (SSSR count). The fraction of sp³-hybridized carbons (Fsp3) is 0.333. The SMILES string of the molecule is CC1(C)CC(C)(C)c2cc(-c3ccc(C(=O)O)c(C(=O)O)c3)ccc2S1. The zero-order valence-corrected chi connectivity index (χ0v) is 16.1. The van der Waals surface area contributed by atoms with Crippen LogP contribution in [0.5, 0.6) is 0 Å². The number of hydrogen-bond donors (Lipinski definition) is 2. The first-order chi connectivity index (χ1) is 12.0. The Kier molecular flexibility index (Phi) is 4.39. The van der Waals surface area contributed by atoms with Crippen LogP contribution < -0.4 is 0 Å². The van der Waals surface area contributed by atoms with Crippen LogP contribution in [0.4, 0.5) is 0 Å². The van der Waals surface area contributed by atoms with Gasteiger partial charge in [-0.15, -0.1) is 11.8 Å². The van der Waals surface area contributed by atoms with Gasteiger partial charge in [0.1, 0.15) is 0 Å². The van der Waals surface area contributed by atoms with Crippen molar-refractivity contribution in [1.29, 1.82) is 0 Å². The molecular weight excluding hydrogens is 348 g/mol. The van der Waals surface area contributed by atoms with Gasteiger partial charge in [-0.2, -0.15) is 0 Å². The third kappa shape index (κ3) is 3.36. The monoisotopic (exact) mass is 370 g/mol. The second-order valence-corrected chi connectivity index (χ2v) is 9.75. The molecule has 136 valence electrons. The van der Waals surface area contributed by atoms with E-state index in [9.17, 15) is 19.8 Å². The van der Waals surface area contributed by atoms with Crippen LogP contribution in [0, 0.1) is 0 Å². The molecule has 1 aliphatic rings. The fourth-order valence-electron chi connectivity index (χ4n) is 3.91. The summed E-state index contributed by atoms with van der Waals surface area (Å²) in [7, 11) is 0. The van der Waals surface area contributed by atoms with Gasteiger partial charge in [0.05, 0.1) is 11.1 Å². The lowest BCUT2D eigenvalue weighted by molar-refractivity contribution is 0.0651. The summed E-state index contributed by atoms with van der Waals surface area (Å²) in [5.41, 5.74) is 2.48. The van der Waals surface area contributed by atoms with Gasteiger partial charge in [0, 0.05) is 9.64 Å². The van der Waals surface area contributed by atoms with Gasteiger partial charge < -0.3 is 10.2 Å². The number of fused-ring (bicyclic) bond motifs is 1. The topological polar surface area (TPSA) is 74.6 Å². The van der Waals surface area contributed by atoms with Crippen molar-refractivity contribution >= 4 is 23.7 Å². The highest BCUT2D eigenvalue weighted by molar-refractivity contribution is 8.00. The highest BCUT2D eigenvalue weighted by atomic mass is 32.2. The third-order valence-corrected chi connectivity index (χ3v) is 6.05. The van der Waals surface area contributed by atoms with Crippen molar-refractivity contribution in [2.45, 2.75) is 49.2 Å². The summed E-state index contributed by atoms with van der Waals surface area (Å²) in [5, 5.41) is 18.5. The van der Waals surface area contributed by atoms with E-state index in [2.05, 4.69) is 39.8 Å². The van der Waals surface area contributed by atoms with Crippen molar-refractivity contribution in [3.8, 4) is 11.1 Å². The highest BCUT2D eigenvalue weighted by Crippen LogP contribution is 2.51. The number of carbonyl (C=O) groups is 2. The summed E-state index contributed by atoms with van der Waals surface area (Å²) in [5.74, 6) is -2.47. The van der Waals surface area contributed by atoms with Gasteiger partial charge in [0.15, 0.2) is 0 Å². The van der Waals surface area contributed by atoms with Crippen LogP contribution in [0.3, 0.4) is 0 Å². The fourth-order valence-corrected chi connectivity index (χ4v) is 5.52. The van der Waals surface area contributed by atoms with Crippen molar-refractivity contribution in [3.63, 3.8) is 0 Å². The average molecular weight is 370 g/mol. The van der Waals surface area contributed by atoms with Crippen molar-refractivity contribution in [2.75, 3.05) is 0 Å². The molecule has 0 fully saturated rings. The van der Waals surface area contributed by atoms with Crippen LogP contribution in [0.25, 0.3) is 11.1 Å². The van der Waals surface area contributed by atoms with Crippen LogP contribution in [0.2, 0.25) is 0 Å². The van der Waals surface area contributed by atoms with E-state index in [1.54, 1.807) is 6.07 Å². The Bertz CT molecular complexity index is 912. The molecule has 26 heavy (non-hydrogen) atoms. The van der Waals surface area contributed by atoms with Crippen molar-refractivity contribution in [3.05, 3.63) is 53.1 Å². The van der Waals surface area contributed by atoms with Gasteiger partial charge in [0.25, 0.3) is 0 Å². The molecule has 5 heteroatoms. The summed E-state index contributed by atoms with van der Waals surface area (Å²) in [4.78, 5) is 23.9. The molecule has 0 aliphatic carbocycles. The summed E-state index contributed by atoms with van der Waals surface area (Å²) in [6, 6.07) is 10.7. The second kappa shape index (κ2) is 6.16. The van der Waals surface area contributed by atoms with Crippen molar-refractivity contribution in [2.24, 2.45) is 0 Å². The molecule has 2 aromatic carbocycles. The largest absolute Gasteiger partial charge is 0.478 e. The minimum atomic E-state index is -1.24. The maximum Gasteiger partial charge on any atom is 0.336 e. The van der Waals surface area contributed by atoms with Gasteiger partial charge in [-0.05, 0) is 52.8 Å². The molecule has 0 unspecified atom stereocenters. The molecule has 0 aromatic heterocycles. The molecular formula is C21H22O4S. The molecule has 2 aromatic rings. The molecule has 0 saturated heterocycles. The lowest BCUT2D eigenvalue weighted by Gasteiger charge is -2.41. The number of aromatic carboxylic acids is 2. The van der Waals surface area contributed by atoms with Gasteiger partial charge in [0.2, 0.25) is 0 Å². The summed E-state index contributed by atoms with van der Waals surface area (Å²) >= 11 is 1.86. The number of carboxylic acid groups (broad SMARTS) is 2. The zero-order chi connectivity index (χ0) is 19.3. The van der Waals surface area contributed by atoms with E-state index in [4.69, 9.17) is 0 Å². The van der Waals surface area contributed by atoms with Gasteiger partial charge in [-0.1, -0.05) is 39.8 Å². The molecule has 4 nitrogen and oxygen atoms in total. The number of thioether (sulfide) groups is 1. The number of carboxylic acids is 2. The molecule has 2 N–H and O–H groups in total. The van der Waals surface area contributed by atoms with Gasteiger partial charge in [-0.3, -0.25) is 0 Å². The highest BCUT2D eigenvalue weighted by Gasteiger charge is 2.38. The Hall–Kier alpha value is -2.27. The van der Waals surface area contributed by atoms with Crippen LogP contribution in [0.15, 0.2) is 41.3 Å². The molecule has 0 bridgehead atoms. The minimum absolute atomic E-state index is 0.0106. The first kappa shape index (κ1) is 18.5. The summed E-state index contributed by atoms with van der Waals surface area (Å²) in [6.07, 6.45) is 1.04. The molecule has 0 spiro atoms. The van der Waals surface area contributed by atoms with E-state index in [-0.39, 0.29) is 21.3 Å². The molecule has 0 atom stereocenters. The maximum atomic E-state index is 11.5. The Balaban J connectivity index is 2.11. The Morgan fingerprint density at radius 2 is 1.46 bits per heavy atom. The quantitative estimate of drug-likeness (QED) is 0.766. The van der Waals surface area contributed by atoms with E-state index in [0.29, 0.717) is 5.56 Å². The third-order valence-electron chi connectivity index (χ3n) is 4.78. The lowest BCUT2D eigenvalue weighted by atomic mass is 9.76. The predicted octanol–water partition coefficient (Wildman–Crippen LogP) is 5.30. The molecule has 0 amide bonds. The van der Waals surface area contributed by atoms with E-state index in [1.807, 2.05) is 17.8 Å². The Labute approximate surface area is 157 Å². The smallest absolute Gasteiger partial charge is 0.336 e. The first-order valence-corrected chi connectivity index (χ1v) is 9.26. The van der Waals surface area contributed by atoms with Crippen LogP contribution in [0.1, 0.15) is 60.4 Å². The molecule has 1 aliphatic heterocycles. The lowest BCUT2D eigenvalue weighted by Crippen LogP contribution is -2.33. The summed E-state index contributed by atoms with van der Waals surface area (Å²) in [6.45, 7) is 8.96.